The van der Waals surface area contributed by atoms with Crippen LogP contribution in [0.4, 0.5) is 17.1 Å². The van der Waals surface area contributed by atoms with E-state index in [2.05, 4.69) is 199 Å². The van der Waals surface area contributed by atoms with Crippen molar-refractivity contribution in [1.29, 1.82) is 0 Å². The number of hydrogen-bond acceptors (Lipinski definition) is 2. The van der Waals surface area contributed by atoms with Crippen molar-refractivity contribution in [2.24, 2.45) is 0 Å². The molecule has 9 aromatic rings. The largest absolute Gasteiger partial charge is 0.456 e. The second-order valence-electron chi connectivity index (χ2n) is 13.4. The van der Waals surface area contributed by atoms with E-state index in [1.165, 1.54) is 49.5 Å². The zero-order valence-electron chi connectivity index (χ0n) is 28.4. The molecule has 2 heteroatoms. The molecule has 0 saturated carbocycles. The van der Waals surface area contributed by atoms with E-state index >= 15 is 0 Å². The summed E-state index contributed by atoms with van der Waals surface area (Å²) in [5.41, 5.74) is 12.7. The number of fused-ring (bicyclic) bond motifs is 3. The van der Waals surface area contributed by atoms with Gasteiger partial charge in [0.1, 0.15) is 11.5 Å². The third kappa shape index (κ3) is 5.30. The molecule has 1 aliphatic heterocycles. The van der Waals surface area contributed by atoms with Crippen molar-refractivity contribution in [3.05, 3.63) is 200 Å². The lowest BCUT2D eigenvalue weighted by atomic mass is 9.90. The Kier molecular flexibility index (Phi) is 7.18. The molecule has 0 unspecified atom stereocenters. The van der Waals surface area contributed by atoms with Gasteiger partial charge in [0.25, 0.3) is 0 Å². The Morgan fingerprint density at radius 3 is 1.65 bits per heavy atom. The van der Waals surface area contributed by atoms with Crippen molar-refractivity contribution in [2.75, 3.05) is 4.90 Å². The molecule has 0 amide bonds. The van der Waals surface area contributed by atoms with Crippen LogP contribution in [-0.2, 0) is 0 Å². The molecule has 0 fully saturated rings. The molecule has 10 rings (SSSR count). The maximum Gasteiger partial charge on any atom is 0.135 e. The van der Waals surface area contributed by atoms with Gasteiger partial charge in [0.2, 0.25) is 0 Å². The maximum atomic E-state index is 6.33. The number of anilines is 3. The molecule has 0 radical (unpaired) electrons. The van der Waals surface area contributed by atoms with Crippen molar-refractivity contribution in [2.45, 2.75) is 0 Å². The standard InChI is InChI=1S/C50H33NO/c1-2-10-34(11-3-1)36-22-26-43(27-23-36)51(44-28-24-37(25-29-44)40-21-20-35-12-4-5-13-38(35)30-40)45-16-8-14-39(32-45)42-31-41-15-9-19-49-50(41)47(33-42)46-17-6-7-18-48(46)52-49/h1-33H. The number of hydrogen-bond donors (Lipinski definition) is 0. The number of ether oxygens (including phenoxy) is 1. The molecule has 0 spiro atoms. The van der Waals surface area contributed by atoms with Crippen molar-refractivity contribution in [3.63, 3.8) is 0 Å². The predicted octanol–water partition coefficient (Wildman–Crippen LogP) is 14.2. The predicted molar refractivity (Wildman–Crippen MR) is 218 cm³/mol. The highest BCUT2D eigenvalue weighted by Crippen LogP contribution is 2.48. The lowest BCUT2D eigenvalue weighted by molar-refractivity contribution is 0.487. The van der Waals surface area contributed by atoms with Gasteiger partial charge in [0.15, 0.2) is 0 Å². The van der Waals surface area contributed by atoms with Gasteiger partial charge in [-0.15, -0.1) is 0 Å². The number of nitrogens with zero attached hydrogens (tertiary/aromatic N) is 1. The average Bonchev–Trinajstić information content (AvgIpc) is 3.22. The molecular formula is C50H33NO. The molecule has 9 aromatic carbocycles. The molecule has 244 valence electrons. The lowest BCUT2D eigenvalue weighted by Crippen LogP contribution is -2.10. The molecule has 1 aliphatic rings. The molecule has 1 heterocycles. The molecular weight excluding hydrogens is 631 g/mol. The second-order valence-corrected chi connectivity index (χ2v) is 13.4. The molecule has 52 heavy (non-hydrogen) atoms. The van der Waals surface area contributed by atoms with Gasteiger partial charge in [-0.25, -0.2) is 0 Å². The summed E-state index contributed by atoms with van der Waals surface area (Å²) in [4.78, 5) is 2.36. The molecule has 0 aliphatic carbocycles. The quantitative estimate of drug-likeness (QED) is 0.176. The summed E-state index contributed by atoms with van der Waals surface area (Å²) in [6, 6.07) is 71.8. The first-order chi connectivity index (χ1) is 25.7. The van der Waals surface area contributed by atoms with Crippen LogP contribution in [0.1, 0.15) is 0 Å². The zero-order chi connectivity index (χ0) is 34.4. The summed E-state index contributed by atoms with van der Waals surface area (Å²) in [5, 5.41) is 4.83. The number of benzene rings is 9. The number of para-hydroxylation sites is 1. The SMILES string of the molecule is c1ccc(-c2ccc(N(c3ccc(-c4ccc5ccccc5c4)cc3)c3cccc(-c4cc5c6c(cccc6c4)Oc4ccccc4-5)c3)cc2)cc1. The van der Waals surface area contributed by atoms with Crippen molar-refractivity contribution in [1.82, 2.24) is 0 Å². The molecule has 0 saturated heterocycles. The van der Waals surface area contributed by atoms with Gasteiger partial charge in [0.05, 0.1) is 0 Å². The Morgan fingerprint density at radius 1 is 0.288 bits per heavy atom. The lowest BCUT2D eigenvalue weighted by Gasteiger charge is -2.27. The highest BCUT2D eigenvalue weighted by molar-refractivity contribution is 6.06. The summed E-state index contributed by atoms with van der Waals surface area (Å²) < 4.78 is 6.33. The Hall–Kier alpha value is -6.90. The molecule has 0 atom stereocenters. The van der Waals surface area contributed by atoms with Crippen LogP contribution in [0.15, 0.2) is 200 Å². The summed E-state index contributed by atoms with van der Waals surface area (Å²) in [6.07, 6.45) is 0. The van der Waals surface area contributed by atoms with Crippen molar-refractivity contribution in [3.8, 4) is 56.0 Å². The van der Waals surface area contributed by atoms with Crippen LogP contribution in [0.25, 0.3) is 66.1 Å². The third-order valence-corrected chi connectivity index (χ3v) is 10.2. The Morgan fingerprint density at radius 2 is 0.846 bits per heavy atom. The van der Waals surface area contributed by atoms with E-state index in [0.717, 1.165) is 45.1 Å². The van der Waals surface area contributed by atoms with Gasteiger partial charge in [-0.05, 0) is 122 Å². The fourth-order valence-electron chi connectivity index (χ4n) is 7.63. The van der Waals surface area contributed by atoms with Crippen molar-refractivity contribution >= 4 is 38.6 Å². The Bertz CT molecular complexity index is 2750. The summed E-state index contributed by atoms with van der Waals surface area (Å²) >= 11 is 0. The Balaban J connectivity index is 1.08. The smallest absolute Gasteiger partial charge is 0.135 e. The monoisotopic (exact) mass is 663 g/mol. The first-order valence-corrected chi connectivity index (χ1v) is 17.7. The van der Waals surface area contributed by atoms with E-state index in [1.54, 1.807) is 0 Å². The first kappa shape index (κ1) is 30.0. The molecule has 0 bridgehead atoms. The van der Waals surface area contributed by atoms with E-state index < -0.39 is 0 Å². The van der Waals surface area contributed by atoms with Gasteiger partial charge >= 0.3 is 0 Å². The molecule has 0 aromatic heterocycles. The normalized spacial score (nSPS) is 11.6. The topological polar surface area (TPSA) is 12.5 Å². The highest BCUT2D eigenvalue weighted by atomic mass is 16.5. The van der Waals surface area contributed by atoms with Gasteiger partial charge in [-0.2, -0.15) is 0 Å². The van der Waals surface area contributed by atoms with Gasteiger partial charge in [-0.1, -0.05) is 133 Å². The van der Waals surface area contributed by atoms with Gasteiger partial charge < -0.3 is 9.64 Å². The van der Waals surface area contributed by atoms with Crippen LogP contribution >= 0.6 is 0 Å². The summed E-state index contributed by atoms with van der Waals surface area (Å²) in [6.45, 7) is 0. The Labute approximate surface area is 303 Å². The third-order valence-electron chi connectivity index (χ3n) is 10.2. The second kappa shape index (κ2) is 12.5. The van der Waals surface area contributed by atoms with E-state index in [-0.39, 0.29) is 0 Å². The molecule has 0 N–H and O–H groups in total. The number of rotatable bonds is 6. The van der Waals surface area contributed by atoms with Crippen LogP contribution in [-0.4, -0.2) is 0 Å². The minimum atomic E-state index is 0.894. The van der Waals surface area contributed by atoms with Gasteiger partial charge in [-0.3, -0.25) is 0 Å². The van der Waals surface area contributed by atoms with E-state index in [9.17, 15) is 0 Å². The zero-order valence-corrected chi connectivity index (χ0v) is 28.4. The highest BCUT2D eigenvalue weighted by Gasteiger charge is 2.21. The van der Waals surface area contributed by atoms with E-state index in [1.807, 2.05) is 6.07 Å². The summed E-state index contributed by atoms with van der Waals surface area (Å²) in [5.74, 6) is 1.80. The average molecular weight is 664 g/mol. The van der Waals surface area contributed by atoms with Crippen LogP contribution in [0.5, 0.6) is 11.5 Å². The first-order valence-electron chi connectivity index (χ1n) is 17.7. The van der Waals surface area contributed by atoms with Crippen LogP contribution in [0, 0.1) is 0 Å². The van der Waals surface area contributed by atoms with Gasteiger partial charge in [0, 0.05) is 28.0 Å². The minimum Gasteiger partial charge on any atom is -0.456 e. The maximum absolute atomic E-state index is 6.33. The summed E-state index contributed by atoms with van der Waals surface area (Å²) in [7, 11) is 0. The van der Waals surface area contributed by atoms with E-state index in [0.29, 0.717) is 0 Å². The van der Waals surface area contributed by atoms with E-state index in [4.69, 9.17) is 4.74 Å². The molecule has 2 nitrogen and oxygen atoms in total. The fraction of sp³-hybridized carbons (Fsp3) is 0. The van der Waals surface area contributed by atoms with Crippen LogP contribution in [0.2, 0.25) is 0 Å². The van der Waals surface area contributed by atoms with Crippen molar-refractivity contribution < 1.29 is 4.74 Å². The van der Waals surface area contributed by atoms with Crippen LogP contribution in [0.3, 0.4) is 0 Å². The van der Waals surface area contributed by atoms with Crippen LogP contribution < -0.4 is 9.64 Å². The fourth-order valence-corrected chi connectivity index (χ4v) is 7.63. The minimum absolute atomic E-state index is 0.894.